The highest BCUT2D eigenvalue weighted by Crippen LogP contribution is 2.45. The molecule has 202 valence electrons. The van der Waals surface area contributed by atoms with Crippen LogP contribution in [0.5, 0.6) is 11.5 Å². The molecular formula is C26H29I3O7S. The van der Waals surface area contributed by atoms with Gasteiger partial charge in [-0.25, -0.2) is 4.79 Å². The van der Waals surface area contributed by atoms with Crippen molar-refractivity contribution in [2.45, 2.75) is 68.1 Å². The third-order valence-corrected chi connectivity index (χ3v) is 10.7. The molecule has 0 amide bonds. The van der Waals surface area contributed by atoms with Gasteiger partial charge in [-0.3, -0.25) is 4.55 Å². The molecule has 4 rings (SSSR count). The van der Waals surface area contributed by atoms with Gasteiger partial charge in [0.15, 0.2) is 0 Å². The van der Waals surface area contributed by atoms with E-state index in [2.05, 4.69) is 67.8 Å². The zero-order valence-corrected chi connectivity index (χ0v) is 27.7. The van der Waals surface area contributed by atoms with Gasteiger partial charge in [0.05, 0.1) is 24.7 Å². The van der Waals surface area contributed by atoms with E-state index < -0.39 is 16.1 Å². The van der Waals surface area contributed by atoms with Crippen LogP contribution in [0.1, 0.15) is 84.7 Å². The molecule has 0 spiro atoms. The first-order chi connectivity index (χ1) is 17.6. The lowest BCUT2D eigenvalue weighted by Gasteiger charge is -2.22. The SMILES string of the molecule is COc1c(I)cc(I)c(C(=O)OCCOc2cc(C3CCCC3)c(S(=O)(=O)O)cc2C2CCCC2)c1I. The first-order valence-electron chi connectivity index (χ1n) is 12.3. The Labute approximate surface area is 259 Å². The number of hydrogen-bond donors (Lipinski definition) is 1. The number of rotatable bonds is 9. The lowest BCUT2D eigenvalue weighted by molar-refractivity contribution is 0.0446. The van der Waals surface area contributed by atoms with Gasteiger partial charge in [-0.15, -0.1) is 0 Å². The highest BCUT2D eigenvalue weighted by atomic mass is 127. The summed E-state index contributed by atoms with van der Waals surface area (Å²) in [6.07, 6.45) is 7.89. The van der Waals surface area contributed by atoms with Crippen LogP contribution in [0, 0.1) is 10.7 Å². The molecule has 2 aromatic carbocycles. The summed E-state index contributed by atoms with van der Waals surface area (Å²) in [5, 5.41) is 0. The Morgan fingerprint density at radius 1 is 0.919 bits per heavy atom. The van der Waals surface area contributed by atoms with Crippen LogP contribution in [0.4, 0.5) is 0 Å². The second-order valence-electron chi connectivity index (χ2n) is 9.41. The molecule has 0 aliphatic heterocycles. The number of halogens is 3. The molecule has 2 saturated carbocycles. The molecule has 0 unspecified atom stereocenters. The summed E-state index contributed by atoms with van der Waals surface area (Å²) in [5.74, 6) is 1.08. The van der Waals surface area contributed by atoms with Crippen molar-refractivity contribution in [1.82, 2.24) is 0 Å². The van der Waals surface area contributed by atoms with Crippen molar-refractivity contribution in [1.29, 1.82) is 0 Å². The third-order valence-electron chi connectivity index (χ3n) is 7.12. The second kappa shape index (κ2) is 12.9. The van der Waals surface area contributed by atoms with E-state index in [1.165, 1.54) is 0 Å². The van der Waals surface area contributed by atoms with E-state index in [4.69, 9.17) is 14.2 Å². The molecule has 7 nitrogen and oxygen atoms in total. The fourth-order valence-corrected chi connectivity index (χ4v) is 10.4. The maximum absolute atomic E-state index is 12.9. The summed E-state index contributed by atoms with van der Waals surface area (Å²) in [6.45, 7) is 0.178. The molecule has 0 radical (unpaired) electrons. The molecule has 2 aromatic rings. The molecule has 0 aromatic heterocycles. The average Bonchev–Trinajstić information content (AvgIpc) is 3.55. The number of methoxy groups -OCH3 is 1. The minimum absolute atomic E-state index is 0.0110. The predicted molar refractivity (Wildman–Crippen MR) is 166 cm³/mol. The third kappa shape index (κ3) is 6.85. The van der Waals surface area contributed by atoms with E-state index in [-0.39, 0.29) is 29.9 Å². The number of ether oxygens (including phenoxy) is 3. The number of esters is 1. The van der Waals surface area contributed by atoms with Crippen LogP contribution >= 0.6 is 67.8 Å². The van der Waals surface area contributed by atoms with Gasteiger partial charge in [0.25, 0.3) is 10.1 Å². The highest BCUT2D eigenvalue weighted by Gasteiger charge is 2.30. The maximum Gasteiger partial charge on any atom is 0.340 e. The minimum atomic E-state index is -4.36. The monoisotopic (exact) mass is 866 g/mol. The van der Waals surface area contributed by atoms with Gasteiger partial charge in [0.2, 0.25) is 0 Å². The fourth-order valence-electron chi connectivity index (χ4n) is 5.36. The van der Waals surface area contributed by atoms with Crippen LogP contribution in [0.2, 0.25) is 0 Å². The molecule has 11 heteroatoms. The molecular weight excluding hydrogens is 837 g/mol. The largest absolute Gasteiger partial charge is 0.495 e. The molecule has 2 aliphatic rings. The van der Waals surface area contributed by atoms with E-state index in [9.17, 15) is 17.8 Å². The van der Waals surface area contributed by atoms with Gasteiger partial charge >= 0.3 is 5.97 Å². The molecule has 0 saturated heterocycles. The summed E-state index contributed by atoms with van der Waals surface area (Å²) in [5.41, 5.74) is 1.90. The fraction of sp³-hybridized carbons (Fsp3) is 0.500. The minimum Gasteiger partial charge on any atom is -0.495 e. The zero-order chi connectivity index (χ0) is 26.7. The Bertz CT molecular complexity index is 1270. The summed E-state index contributed by atoms with van der Waals surface area (Å²) in [6, 6.07) is 5.32. The van der Waals surface area contributed by atoms with Crippen LogP contribution in [0.3, 0.4) is 0 Å². The van der Waals surface area contributed by atoms with Crippen molar-refractivity contribution in [2.75, 3.05) is 20.3 Å². The maximum atomic E-state index is 12.9. The molecule has 1 N–H and O–H groups in total. The lowest BCUT2D eigenvalue weighted by atomic mass is 9.91. The van der Waals surface area contributed by atoms with E-state index in [0.717, 1.165) is 64.1 Å². The smallest absolute Gasteiger partial charge is 0.340 e. The molecule has 0 atom stereocenters. The zero-order valence-electron chi connectivity index (χ0n) is 20.4. The van der Waals surface area contributed by atoms with Crippen LogP contribution in [-0.4, -0.2) is 39.3 Å². The summed E-state index contributed by atoms with van der Waals surface area (Å²) in [4.78, 5) is 12.9. The number of benzene rings is 2. The Morgan fingerprint density at radius 3 is 2.08 bits per heavy atom. The quantitative estimate of drug-likeness (QED) is 0.122. The predicted octanol–water partition coefficient (Wildman–Crippen LogP) is 7.31. The number of carbonyl (C=O) groups is 1. The average molecular weight is 866 g/mol. The van der Waals surface area contributed by atoms with Gasteiger partial charge in [0, 0.05) is 3.57 Å². The topological polar surface area (TPSA) is 99.1 Å². The summed E-state index contributed by atoms with van der Waals surface area (Å²) < 4.78 is 54.2. The van der Waals surface area contributed by atoms with Gasteiger partial charge in [-0.1, -0.05) is 25.7 Å². The standard InChI is InChI=1S/C26H29I3O7S/c1-34-25-20(28)14-19(27)23(24(25)29)26(30)36-11-10-35-21-12-18(16-8-4-5-9-16)22(37(31,32)33)13-17(21)15-6-2-3-7-15/h12-16H,2-11H2,1H3,(H,31,32,33). The Hall–Kier alpha value is -0.390. The van der Waals surface area contributed by atoms with Crippen molar-refractivity contribution >= 4 is 83.9 Å². The van der Waals surface area contributed by atoms with Gasteiger partial charge in [-0.2, -0.15) is 8.42 Å². The first kappa shape index (κ1) is 29.6. The summed E-state index contributed by atoms with van der Waals surface area (Å²) in [7, 11) is -2.79. The van der Waals surface area contributed by atoms with Crippen LogP contribution < -0.4 is 9.47 Å². The lowest BCUT2D eigenvalue weighted by Crippen LogP contribution is -2.16. The molecule has 2 fully saturated rings. The van der Waals surface area contributed by atoms with Crippen molar-refractivity contribution in [2.24, 2.45) is 0 Å². The van der Waals surface area contributed by atoms with Crippen LogP contribution in [0.15, 0.2) is 23.1 Å². The Balaban J connectivity index is 1.54. The van der Waals surface area contributed by atoms with E-state index >= 15 is 0 Å². The second-order valence-corrected chi connectivity index (χ2v) is 14.2. The Kier molecular flexibility index (Phi) is 10.3. The molecule has 2 aliphatic carbocycles. The number of carbonyl (C=O) groups excluding carboxylic acids is 1. The van der Waals surface area contributed by atoms with Crippen molar-refractivity contribution in [3.05, 3.63) is 45.6 Å². The van der Waals surface area contributed by atoms with E-state index in [1.807, 2.05) is 12.1 Å². The van der Waals surface area contributed by atoms with E-state index in [1.54, 1.807) is 13.2 Å². The van der Waals surface area contributed by atoms with Gasteiger partial charge in [-0.05, 0) is 135 Å². The summed E-state index contributed by atoms with van der Waals surface area (Å²) >= 11 is 6.39. The first-order valence-corrected chi connectivity index (χ1v) is 17.0. The van der Waals surface area contributed by atoms with Gasteiger partial charge in [0.1, 0.15) is 24.7 Å². The van der Waals surface area contributed by atoms with Crippen LogP contribution in [-0.2, 0) is 14.9 Å². The van der Waals surface area contributed by atoms with Gasteiger partial charge < -0.3 is 14.2 Å². The molecule has 0 bridgehead atoms. The van der Waals surface area contributed by atoms with Crippen molar-refractivity contribution in [3.63, 3.8) is 0 Å². The van der Waals surface area contributed by atoms with Crippen molar-refractivity contribution < 1.29 is 32.0 Å². The normalized spacial score (nSPS) is 16.8. The number of hydrogen-bond acceptors (Lipinski definition) is 6. The van der Waals surface area contributed by atoms with Crippen LogP contribution in [0.25, 0.3) is 0 Å². The van der Waals surface area contributed by atoms with E-state index in [0.29, 0.717) is 26.2 Å². The molecule has 37 heavy (non-hydrogen) atoms. The highest BCUT2D eigenvalue weighted by molar-refractivity contribution is 14.1. The van der Waals surface area contributed by atoms with Crippen molar-refractivity contribution in [3.8, 4) is 11.5 Å². The Morgan fingerprint density at radius 2 is 1.51 bits per heavy atom. The molecule has 0 heterocycles.